The Morgan fingerprint density at radius 1 is 0.704 bits per heavy atom. The van der Waals surface area contributed by atoms with Gasteiger partial charge in [-0.15, -0.1) is 0 Å². The van der Waals surface area contributed by atoms with E-state index < -0.39 is 104 Å². The lowest BCUT2D eigenvalue weighted by Gasteiger charge is -2.41. The molecule has 3 aliphatic rings. The first-order chi connectivity index (χ1) is 25.7. The second-order valence-corrected chi connectivity index (χ2v) is 12.7. The maximum atomic E-state index is 12.4. The molecule has 11 atom stereocenters. The lowest BCUT2D eigenvalue weighted by atomic mass is 9.98. The molecule has 290 valence electrons. The van der Waals surface area contributed by atoms with Gasteiger partial charge in [-0.3, -0.25) is 0 Å². The molecule has 6 rings (SSSR count). The number of phenols is 4. The molecule has 1 unspecified atom stereocenters. The number of fused-ring (bicyclic) bond motifs is 1. The normalized spacial score (nSPS) is 30.9. The number of rotatable bonds is 10. The van der Waals surface area contributed by atoms with Crippen LogP contribution in [0.3, 0.4) is 0 Å². The van der Waals surface area contributed by atoms with Crippen molar-refractivity contribution in [1.82, 2.24) is 0 Å². The van der Waals surface area contributed by atoms with Gasteiger partial charge in [0.2, 0.25) is 12.6 Å². The first-order valence-corrected chi connectivity index (χ1v) is 16.5. The predicted molar refractivity (Wildman–Crippen MR) is 179 cm³/mol. The number of carbonyl (C=O) groups is 1. The second-order valence-electron chi connectivity index (χ2n) is 12.7. The van der Waals surface area contributed by atoms with Crippen molar-refractivity contribution in [3.8, 4) is 34.5 Å². The van der Waals surface area contributed by atoms with Gasteiger partial charge in [0.1, 0.15) is 84.2 Å². The Bertz CT molecular complexity index is 1860. The van der Waals surface area contributed by atoms with Crippen molar-refractivity contribution < 1.29 is 89.4 Å². The van der Waals surface area contributed by atoms with E-state index in [-0.39, 0.29) is 34.1 Å². The molecule has 0 radical (unpaired) electrons. The predicted octanol–water partition coefficient (Wildman–Crippen LogP) is -0.757. The van der Waals surface area contributed by atoms with E-state index in [0.717, 1.165) is 24.3 Å². The highest BCUT2D eigenvalue weighted by Crippen LogP contribution is 2.46. The monoisotopic (exact) mass is 758 g/mol. The van der Waals surface area contributed by atoms with Gasteiger partial charge in [-0.1, -0.05) is 18.2 Å². The molecule has 18 nitrogen and oxygen atoms in total. The molecule has 0 aliphatic carbocycles. The molecule has 11 N–H and O–H groups in total. The fourth-order valence-electron chi connectivity index (χ4n) is 5.90. The molecule has 0 aromatic heterocycles. The van der Waals surface area contributed by atoms with Crippen molar-refractivity contribution in [1.29, 1.82) is 0 Å². The smallest absolute Gasteiger partial charge is 0.330 e. The molecule has 3 heterocycles. The zero-order valence-electron chi connectivity index (χ0n) is 28.0. The third kappa shape index (κ3) is 8.16. The summed E-state index contributed by atoms with van der Waals surface area (Å²) in [5.41, 5.74) is 0.762. The number of benzene rings is 3. The van der Waals surface area contributed by atoms with Crippen LogP contribution >= 0.6 is 0 Å². The van der Waals surface area contributed by atoms with E-state index in [1.54, 1.807) is 12.1 Å². The SMILES string of the molecule is O=C(/C=C/c1ccc(O)cc1)OC[C@H]1O[C@@H](OC2=Cc3c(cc(O)cc3O[C@@H]3O[C@@H](CO)[C@@H](O)[C@H](O)[C@@H]3O)OC2c2ccc(O)c(O)c2)[C@H](O)[C@@H](O)[C@@H]1O. The molecule has 18 heteroatoms. The Balaban J connectivity index is 1.28. The minimum atomic E-state index is -1.90. The van der Waals surface area contributed by atoms with E-state index in [9.17, 15) is 61.0 Å². The van der Waals surface area contributed by atoms with E-state index >= 15 is 0 Å². The maximum Gasteiger partial charge on any atom is 0.330 e. The Hall–Kier alpha value is -5.15. The van der Waals surface area contributed by atoms with Crippen LogP contribution in [0.25, 0.3) is 12.2 Å². The van der Waals surface area contributed by atoms with Crippen LogP contribution in [-0.4, -0.2) is 137 Å². The zero-order chi connectivity index (χ0) is 38.8. The van der Waals surface area contributed by atoms with Crippen LogP contribution < -0.4 is 9.47 Å². The van der Waals surface area contributed by atoms with Gasteiger partial charge in [0.05, 0.1) is 12.2 Å². The third-order valence-corrected chi connectivity index (χ3v) is 8.89. The van der Waals surface area contributed by atoms with E-state index in [1.165, 1.54) is 36.4 Å². The number of esters is 1. The van der Waals surface area contributed by atoms with E-state index in [2.05, 4.69) is 0 Å². The first-order valence-electron chi connectivity index (χ1n) is 16.5. The summed E-state index contributed by atoms with van der Waals surface area (Å²) in [7, 11) is 0. The summed E-state index contributed by atoms with van der Waals surface area (Å²) in [6, 6.07) is 11.9. The average Bonchev–Trinajstić information content (AvgIpc) is 3.15. The molecular formula is C36H38O18. The van der Waals surface area contributed by atoms with Gasteiger partial charge in [-0.25, -0.2) is 4.79 Å². The van der Waals surface area contributed by atoms with Crippen molar-refractivity contribution in [2.24, 2.45) is 0 Å². The van der Waals surface area contributed by atoms with Crippen molar-refractivity contribution in [3.05, 3.63) is 83.1 Å². The van der Waals surface area contributed by atoms with Crippen molar-refractivity contribution >= 4 is 18.1 Å². The van der Waals surface area contributed by atoms with Gasteiger partial charge < -0.3 is 84.6 Å². The second kappa shape index (κ2) is 16.1. The molecule has 2 saturated heterocycles. The fraction of sp³-hybridized carbons (Fsp3) is 0.361. The highest BCUT2D eigenvalue weighted by molar-refractivity contribution is 5.87. The van der Waals surface area contributed by atoms with Crippen LogP contribution in [0.4, 0.5) is 0 Å². The highest BCUT2D eigenvalue weighted by atomic mass is 16.7. The van der Waals surface area contributed by atoms with E-state index in [4.69, 9.17) is 28.4 Å². The van der Waals surface area contributed by atoms with Crippen LogP contribution in [0.15, 0.2) is 66.4 Å². The molecule has 3 aromatic carbocycles. The molecule has 54 heavy (non-hydrogen) atoms. The number of ether oxygens (including phenoxy) is 6. The summed E-state index contributed by atoms with van der Waals surface area (Å²) < 4.78 is 34.4. The maximum absolute atomic E-state index is 12.4. The topological polar surface area (TPSA) is 295 Å². The van der Waals surface area contributed by atoms with Crippen LogP contribution in [0.2, 0.25) is 0 Å². The zero-order valence-corrected chi connectivity index (χ0v) is 28.0. The Morgan fingerprint density at radius 2 is 1.35 bits per heavy atom. The molecule has 3 aromatic rings. The number of hydrogen-bond acceptors (Lipinski definition) is 18. The summed E-state index contributed by atoms with van der Waals surface area (Å²) in [5, 5.41) is 113. The van der Waals surface area contributed by atoms with Gasteiger partial charge >= 0.3 is 5.97 Å². The standard InChI is InChI=1S/C36H38O18/c37-13-25-28(43)30(45)32(47)35(53-25)51-23-11-18(39)10-22-19(23)12-24(34(50-22)16-4-7-20(40)21(41)9-16)52-36-33(48)31(46)29(44)26(54-36)14-49-27(42)8-3-15-1-5-17(38)6-2-15/h1-12,25-26,28-41,43-48H,13-14H2/b8-3+/t25-,26+,28+,29+,30-,31-,32-,33+,34?,35+,36+/m0/s1. The van der Waals surface area contributed by atoms with Crippen molar-refractivity contribution in [3.63, 3.8) is 0 Å². The summed E-state index contributed by atoms with van der Waals surface area (Å²) in [4.78, 5) is 12.4. The van der Waals surface area contributed by atoms with Gasteiger partial charge in [0.15, 0.2) is 17.6 Å². The lowest BCUT2D eigenvalue weighted by Crippen LogP contribution is -2.60. The number of phenolic OH excluding ortho intramolecular Hbond substituents is 4. The van der Waals surface area contributed by atoms with Crippen LogP contribution in [0.1, 0.15) is 22.8 Å². The van der Waals surface area contributed by atoms with E-state index in [0.29, 0.717) is 5.56 Å². The number of aliphatic hydroxyl groups is 7. The number of aliphatic hydroxyl groups excluding tert-OH is 7. The Morgan fingerprint density at radius 3 is 2.02 bits per heavy atom. The molecule has 2 fully saturated rings. The summed E-state index contributed by atoms with van der Waals surface area (Å²) in [6.45, 7) is -1.35. The molecular weight excluding hydrogens is 720 g/mol. The van der Waals surface area contributed by atoms with Gasteiger partial charge in [0, 0.05) is 23.8 Å². The first kappa shape index (κ1) is 38.6. The molecule has 3 aliphatic heterocycles. The van der Waals surface area contributed by atoms with Crippen LogP contribution in [0.5, 0.6) is 34.5 Å². The molecule has 0 bridgehead atoms. The third-order valence-electron chi connectivity index (χ3n) is 8.89. The molecule has 0 spiro atoms. The van der Waals surface area contributed by atoms with Crippen LogP contribution in [0, 0.1) is 0 Å². The summed E-state index contributed by atoms with van der Waals surface area (Å²) >= 11 is 0. The minimum Gasteiger partial charge on any atom is -0.508 e. The average molecular weight is 759 g/mol. The number of hydrogen-bond donors (Lipinski definition) is 11. The number of aromatic hydroxyl groups is 4. The van der Waals surface area contributed by atoms with E-state index in [1.807, 2.05) is 0 Å². The minimum absolute atomic E-state index is 0.0239. The summed E-state index contributed by atoms with van der Waals surface area (Å²) in [5.74, 6) is -2.72. The van der Waals surface area contributed by atoms with Gasteiger partial charge in [0.25, 0.3) is 0 Å². The van der Waals surface area contributed by atoms with Gasteiger partial charge in [-0.05, 0) is 42.0 Å². The highest BCUT2D eigenvalue weighted by Gasteiger charge is 2.48. The molecule has 0 amide bonds. The largest absolute Gasteiger partial charge is 0.508 e. The Kier molecular flexibility index (Phi) is 11.5. The fourth-order valence-corrected chi connectivity index (χ4v) is 5.90. The van der Waals surface area contributed by atoms with Crippen LogP contribution in [-0.2, 0) is 23.7 Å². The lowest BCUT2D eigenvalue weighted by molar-refractivity contribution is -0.294. The summed E-state index contributed by atoms with van der Waals surface area (Å²) in [6.07, 6.45) is -14.6. The quantitative estimate of drug-likeness (QED) is 0.0688. The number of carbonyl (C=O) groups excluding carboxylic acids is 1. The van der Waals surface area contributed by atoms with Crippen molar-refractivity contribution in [2.75, 3.05) is 13.2 Å². The van der Waals surface area contributed by atoms with Gasteiger partial charge in [-0.2, -0.15) is 0 Å². The molecule has 0 saturated carbocycles. The Labute approximate surface area is 305 Å². The van der Waals surface area contributed by atoms with Crippen molar-refractivity contribution in [2.45, 2.75) is 67.5 Å².